The van der Waals surface area contributed by atoms with Crippen LogP contribution in [-0.2, 0) is 19.6 Å². The van der Waals surface area contributed by atoms with Gasteiger partial charge in [0.1, 0.15) is 5.69 Å². The van der Waals surface area contributed by atoms with Crippen LogP contribution in [0.15, 0.2) is 41.3 Å². The summed E-state index contributed by atoms with van der Waals surface area (Å²) >= 11 is 1.21. The molecule has 1 aromatic heterocycles. The average Bonchev–Trinajstić information content (AvgIpc) is 2.67. The predicted octanol–water partition coefficient (Wildman–Crippen LogP) is 1.89. The summed E-state index contributed by atoms with van der Waals surface area (Å²) < 4.78 is 35.5. The van der Waals surface area contributed by atoms with E-state index in [1.54, 1.807) is 12.1 Å². The lowest BCUT2D eigenvalue weighted by Crippen LogP contribution is -2.40. The lowest BCUT2D eigenvalue weighted by Gasteiger charge is -2.26. The molecule has 9 nitrogen and oxygen atoms in total. The molecule has 1 atom stereocenters. The van der Waals surface area contributed by atoms with Crippen LogP contribution in [0.1, 0.15) is 6.42 Å². The van der Waals surface area contributed by atoms with Gasteiger partial charge in [0, 0.05) is 17.4 Å². The molecule has 2 heterocycles. The van der Waals surface area contributed by atoms with Crippen molar-refractivity contribution in [1.82, 2.24) is 4.98 Å². The lowest BCUT2D eigenvalue weighted by atomic mass is 10.2. The number of pyridine rings is 1. The number of sulfonamides is 1. The van der Waals surface area contributed by atoms with E-state index in [1.807, 2.05) is 12.1 Å². The molecule has 11 heteroatoms. The largest absolute Gasteiger partial charge is 0.481 e. The number of ether oxygens (including phenoxy) is 2. The van der Waals surface area contributed by atoms with Gasteiger partial charge in [0.05, 0.1) is 31.4 Å². The first kappa shape index (κ1) is 20.9. The molecule has 2 aromatic rings. The third-order valence-electron chi connectivity index (χ3n) is 4.06. The summed E-state index contributed by atoms with van der Waals surface area (Å²) in [6, 6.07) is 9.98. The third-order valence-corrected chi connectivity index (χ3v) is 6.40. The molecule has 0 radical (unpaired) electrons. The number of thioether (sulfide) groups is 1. The maximum atomic E-state index is 13.0. The van der Waals surface area contributed by atoms with E-state index >= 15 is 0 Å². The summed E-state index contributed by atoms with van der Waals surface area (Å²) in [5, 5.41) is 1.96. The summed E-state index contributed by atoms with van der Waals surface area (Å²) in [5.41, 5.74) is 0.606. The van der Waals surface area contributed by atoms with Crippen molar-refractivity contribution in [2.75, 3.05) is 30.1 Å². The number of amides is 2. The maximum absolute atomic E-state index is 13.0. The Morgan fingerprint density at radius 1 is 1.21 bits per heavy atom. The van der Waals surface area contributed by atoms with Gasteiger partial charge < -0.3 is 14.8 Å². The molecule has 0 aliphatic carbocycles. The summed E-state index contributed by atoms with van der Waals surface area (Å²) in [6.07, 6.45) is 0.574. The average molecular weight is 437 g/mol. The van der Waals surface area contributed by atoms with Crippen molar-refractivity contribution in [3.05, 3.63) is 36.4 Å². The van der Waals surface area contributed by atoms with Crippen molar-refractivity contribution in [2.45, 2.75) is 16.6 Å². The highest BCUT2D eigenvalue weighted by atomic mass is 32.2. The first-order chi connectivity index (χ1) is 13.7. The first-order valence-electron chi connectivity index (χ1n) is 8.43. The molecule has 3 rings (SSSR count). The van der Waals surface area contributed by atoms with Crippen LogP contribution in [0.5, 0.6) is 11.8 Å². The summed E-state index contributed by atoms with van der Waals surface area (Å²) in [6.45, 7) is 0. The van der Waals surface area contributed by atoms with Crippen LogP contribution in [0.3, 0.4) is 0 Å². The monoisotopic (exact) mass is 437 g/mol. The van der Waals surface area contributed by atoms with Crippen LogP contribution in [0, 0.1) is 0 Å². The molecule has 2 amide bonds. The number of nitrogens with zero attached hydrogens (tertiary/aromatic N) is 2. The van der Waals surface area contributed by atoms with E-state index in [-0.39, 0.29) is 29.8 Å². The van der Waals surface area contributed by atoms with Gasteiger partial charge in [-0.2, -0.15) is 4.98 Å². The number of hydrogen-bond acceptors (Lipinski definition) is 8. The number of aromatic nitrogens is 1. The van der Waals surface area contributed by atoms with Crippen LogP contribution in [0.25, 0.3) is 0 Å². The molecular weight excluding hydrogens is 418 g/mol. The number of hydrogen-bond donors (Lipinski definition) is 1. The van der Waals surface area contributed by atoms with Gasteiger partial charge in [-0.05, 0) is 18.2 Å². The highest BCUT2D eigenvalue weighted by molar-refractivity contribution is 8.01. The van der Waals surface area contributed by atoms with Crippen molar-refractivity contribution in [2.24, 2.45) is 0 Å². The zero-order valence-corrected chi connectivity index (χ0v) is 17.5. The molecule has 0 fully saturated rings. The topological polar surface area (TPSA) is 115 Å². The Bertz CT molecular complexity index is 1060. The molecule has 0 spiro atoms. The fourth-order valence-electron chi connectivity index (χ4n) is 2.80. The van der Waals surface area contributed by atoms with Crippen LogP contribution in [0.4, 0.5) is 11.4 Å². The SMILES string of the molecule is COc1ccc(N(C(=O)CC2Sc3ccccc3NC2=O)S(C)(=O)=O)c(OC)n1. The number of rotatable bonds is 6. The minimum Gasteiger partial charge on any atom is -0.481 e. The second-order valence-corrected chi connectivity index (χ2v) is 9.17. The number of benzene rings is 1. The number of carbonyl (C=O) groups is 2. The van der Waals surface area contributed by atoms with E-state index < -0.39 is 21.2 Å². The Labute approximate surface area is 172 Å². The van der Waals surface area contributed by atoms with E-state index in [2.05, 4.69) is 10.3 Å². The Morgan fingerprint density at radius 3 is 2.59 bits per heavy atom. The molecule has 29 heavy (non-hydrogen) atoms. The van der Waals surface area contributed by atoms with Gasteiger partial charge in [-0.1, -0.05) is 12.1 Å². The minimum absolute atomic E-state index is 0.0533. The molecule has 0 saturated heterocycles. The van der Waals surface area contributed by atoms with Gasteiger partial charge in [-0.15, -0.1) is 11.8 Å². The summed E-state index contributed by atoms with van der Waals surface area (Å²) in [5.74, 6) is -1.03. The van der Waals surface area contributed by atoms with Gasteiger partial charge in [-0.3, -0.25) is 9.59 Å². The molecular formula is C18H19N3O6S2. The van der Waals surface area contributed by atoms with Crippen molar-refractivity contribution < 1.29 is 27.5 Å². The molecule has 1 unspecified atom stereocenters. The molecule has 154 valence electrons. The molecule has 0 bridgehead atoms. The highest BCUT2D eigenvalue weighted by Crippen LogP contribution is 2.38. The summed E-state index contributed by atoms with van der Waals surface area (Å²) in [7, 11) is -1.31. The van der Waals surface area contributed by atoms with Crippen molar-refractivity contribution in [1.29, 1.82) is 0 Å². The smallest absolute Gasteiger partial charge is 0.242 e. The number of nitrogens with one attached hydrogen (secondary N) is 1. The highest BCUT2D eigenvalue weighted by Gasteiger charge is 2.35. The van der Waals surface area contributed by atoms with Crippen molar-refractivity contribution in [3.63, 3.8) is 0 Å². The molecule has 0 saturated carbocycles. The fraction of sp³-hybridized carbons (Fsp3) is 0.278. The third kappa shape index (κ3) is 4.46. The number of para-hydroxylation sites is 1. The van der Waals surface area contributed by atoms with E-state index in [0.29, 0.717) is 9.99 Å². The fourth-order valence-corrected chi connectivity index (χ4v) is 4.84. The van der Waals surface area contributed by atoms with Crippen molar-refractivity contribution >= 4 is 45.0 Å². The number of methoxy groups -OCH3 is 2. The second-order valence-electron chi connectivity index (χ2n) is 6.10. The number of fused-ring (bicyclic) bond motifs is 1. The zero-order chi connectivity index (χ0) is 21.2. The normalized spacial score (nSPS) is 15.8. The Hall–Kier alpha value is -2.79. The maximum Gasteiger partial charge on any atom is 0.242 e. The molecule has 1 aliphatic rings. The summed E-state index contributed by atoms with van der Waals surface area (Å²) in [4.78, 5) is 30.2. The van der Waals surface area contributed by atoms with Gasteiger partial charge in [0.25, 0.3) is 0 Å². The second kappa shape index (κ2) is 8.29. The molecule has 1 N–H and O–H groups in total. The van der Waals surface area contributed by atoms with Gasteiger partial charge in [-0.25, -0.2) is 12.7 Å². The minimum atomic E-state index is -4.02. The quantitative estimate of drug-likeness (QED) is 0.729. The van der Waals surface area contributed by atoms with E-state index in [9.17, 15) is 18.0 Å². The standard InChI is InChI=1S/C18H19N3O6S2/c1-26-15-9-8-12(18(20-15)27-2)21(29(3,24)25)16(22)10-14-17(23)19-11-6-4-5-7-13(11)28-14/h4-9,14H,10H2,1-3H3,(H,19,23). The van der Waals surface area contributed by atoms with E-state index in [1.165, 1.54) is 38.1 Å². The van der Waals surface area contributed by atoms with Crippen LogP contribution in [-0.4, -0.2) is 50.9 Å². The number of anilines is 2. The zero-order valence-electron chi connectivity index (χ0n) is 15.9. The van der Waals surface area contributed by atoms with Gasteiger partial charge in [0.2, 0.25) is 33.6 Å². The van der Waals surface area contributed by atoms with E-state index in [0.717, 1.165) is 11.2 Å². The van der Waals surface area contributed by atoms with E-state index in [4.69, 9.17) is 9.47 Å². The lowest BCUT2D eigenvalue weighted by molar-refractivity contribution is -0.121. The Kier molecular flexibility index (Phi) is 5.99. The van der Waals surface area contributed by atoms with Crippen LogP contribution in [0.2, 0.25) is 0 Å². The van der Waals surface area contributed by atoms with Crippen LogP contribution >= 0.6 is 11.8 Å². The van der Waals surface area contributed by atoms with Gasteiger partial charge in [0.15, 0.2) is 0 Å². The Morgan fingerprint density at radius 2 is 1.93 bits per heavy atom. The van der Waals surface area contributed by atoms with Gasteiger partial charge >= 0.3 is 0 Å². The Balaban J connectivity index is 1.91. The van der Waals surface area contributed by atoms with Crippen molar-refractivity contribution in [3.8, 4) is 11.8 Å². The van der Waals surface area contributed by atoms with Crippen LogP contribution < -0.4 is 19.1 Å². The first-order valence-corrected chi connectivity index (χ1v) is 11.2. The molecule has 1 aromatic carbocycles. The molecule has 1 aliphatic heterocycles. The predicted molar refractivity (Wildman–Crippen MR) is 109 cm³/mol. The number of carbonyl (C=O) groups excluding carboxylic acids is 2.